The van der Waals surface area contributed by atoms with Crippen LogP contribution in [0, 0.1) is 16.0 Å². The smallest absolute Gasteiger partial charge is 0.273 e. The Balaban J connectivity index is 1.73. The highest BCUT2D eigenvalue weighted by Crippen LogP contribution is 2.35. The van der Waals surface area contributed by atoms with E-state index in [2.05, 4.69) is 55.1 Å². The number of nitro benzene ring substituents is 1. The van der Waals surface area contributed by atoms with E-state index in [1.165, 1.54) is 36.2 Å². The fourth-order valence-corrected chi connectivity index (χ4v) is 4.21. The Morgan fingerprint density at radius 1 is 1.20 bits per heavy atom. The van der Waals surface area contributed by atoms with Gasteiger partial charge in [0.05, 0.1) is 17.6 Å². The summed E-state index contributed by atoms with van der Waals surface area (Å²) in [7, 11) is 4.10. The molecule has 1 fully saturated rings. The molecule has 162 valence electrons. The second kappa shape index (κ2) is 10.4. The van der Waals surface area contributed by atoms with Crippen molar-refractivity contribution in [1.82, 2.24) is 4.90 Å². The zero-order valence-corrected chi connectivity index (χ0v) is 18.3. The minimum Gasteiger partial charge on any atom is -0.493 e. The third-order valence-corrected chi connectivity index (χ3v) is 5.98. The SMILES string of the molecule is CCCCN1CC[C@H](c2ccc(N(C)C)cc2)[C@@H](COc2cccc([N+](=O)[O-])c2)C1. The fourth-order valence-electron chi connectivity index (χ4n) is 4.21. The molecular formula is C24H33N3O3. The van der Waals surface area contributed by atoms with Crippen LogP contribution in [0.25, 0.3) is 0 Å². The van der Waals surface area contributed by atoms with E-state index in [0.29, 0.717) is 24.2 Å². The summed E-state index contributed by atoms with van der Waals surface area (Å²) >= 11 is 0. The Labute approximate surface area is 179 Å². The first-order chi connectivity index (χ1) is 14.5. The van der Waals surface area contributed by atoms with Crippen LogP contribution in [0.3, 0.4) is 0 Å². The monoisotopic (exact) mass is 411 g/mol. The van der Waals surface area contributed by atoms with Crippen LogP contribution in [0.15, 0.2) is 48.5 Å². The van der Waals surface area contributed by atoms with Crippen molar-refractivity contribution in [3.05, 3.63) is 64.2 Å². The molecule has 0 aromatic heterocycles. The van der Waals surface area contributed by atoms with Gasteiger partial charge in [0.25, 0.3) is 5.69 Å². The van der Waals surface area contributed by atoms with Crippen LogP contribution in [0.4, 0.5) is 11.4 Å². The largest absolute Gasteiger partial charge is 0.493 e. The van der Waals surface area contributed by atoms with Crippen molar-refractivity contribution in [3.8, 4) is 5.75 Å². The van der Waals surface area contributed by atoms with Crippen molar-refractivity contribution < 1.29 is 9.66 Å². The third-order valence-electron chi connectivity index (χ3n) is 5.98. The summed E-state index contributed by atoms with van der Waals surface area (Å²) in [5.74, 6) is 1.34. The van der Waals surface area contributed by atoms with Crippen LogP contribution in [-0.4, -0.2) is 50.2 Å². The molecule has 0 bridgehead atoms. The maximum Gasteiger partial charge on any atom is 0.273 e. The molecule has 2 aromatic carbocycles. The van der Waals surface area contributed by atoms with Crippen molar-refractivity contribution in [2.24, 2.45) is 5.92 Å². The number of nitrogens with zero attached hydrogens (tertiary/aromatic N) is 3. The minimum atomic E-state index is -0.380. The van der Waals surface area contributed by atoms with Gasteiger partial charge in [-0.2, -0.15) is 0 Å². The van der Waals surface area contributed by atoms with E-state index < -0.39 is 0 Å². The molecule has 0 aliphatic carbocycles. The van der Waals surface area contributed by atoms with Crippen molar-refractivity contribution in [3.63, 3.8) is 0 Å². The molecule has 6 heteroatoms. The first-order valence-electron chi connectivity index (χ1n) is 10.8. The number of non-ortho nitro benzene ring substituents is 1. The summed E-state index contributed by atoms with van der Waals surface area (Å²) in [6.45, 7) is 6.00. The Kier molecular flexibility index (Phi) is 7.69. The third kappa shape index (κ3) is 5.72. The van der Waals surface area contributed by atoms with Crippen LogP contribution in [-0.2, 0) is 0 Å². The number of hydrogen-bond donors (Lipinski definition) is 0. The molecule has 2 atom stereocenters. The molecule has 1 aliphatic rings. The van der Waals surface area contributed by atoms with Gasteiger partial charge in [0.1, 0.15) is 5.75 Å². The van der Waals surface area contributed by atoms with E-state index in [4.69, 9.17) is 4.74 Å². The number of hydrogen-bond acceptors (Lipinski definition) is 5. The normalized spacial score (nSPS) is 19.4. The topological polar surface area (TPSA) is 58.8 Å². The molecule has 1 saturated heterocycles. The van der Waals surface area contributed by atoms with Crippen molar-refractivity contribution in [2.75, 3.05) is 45.2 Å². The Morgan fingerprint density at radius 2 is 1.97 bits per heavy atom. The van der Waals surface area contributed by atoms with E-state index in [0.717, 1.165) is 26.1 Å². The minimum absolute atomic E-state index is 0.0662. The molecule has 0 unspecified atom stereocenters. The number of likely N-dealkylation sites (tertiary alicyclic amines) is 1. The first kappa shape index (κ1) is 22.1. The lowest BCUT2D eigenvalue weighted by molar-refractivity contribution is -0.384. The fraction of sp³-hybridized carbons (Fsp3) is 0.500. The zero-order valence-electron chi connectivity index (χ0n) is 18.3. The van der Waals surface area contributed by atoms with E-state index in [1.807, 2.05) is 0 Å². The summed E-state index contributed by atoms with van der Waals surface area (Å²) in [4.78, 5) is 15.3. The summed E-state index contributed by atoms with van der Waals surface area (Å²) in [5, 5.41) is 11.1. The molecule has 1 aliphatic heterocycles. The van der Waals surface area contributed by atoms with Gasteiger partial charge in [0.15, 0.2) is 0 Å². The van der Waals surface area contributed by atoms with Gasteiger partial charge in [0.2, 0.25) is 0 Å². The molecule has 6 nitrogen and oxygen atoms in total. The van der Waals surface area contributed by atoms with Crippen molar-refractivity contribution >= 4 is 11.4 Å². The van der Waals surface area contributed by atoms with Gasteiger partial charge >= 0.3 is 0 Å². The Bertz CT molecular complexity index is 823. The molecule has 3 rings (SSSR count). The van der Waals surface area contributed by atoms with Gasteiger partial charge in [-0.15, -0.1) is 0 Å². The lowest BCUT2D eigenvalue weighted by Crippen LogP contribution is -2.42. The van der Waals surface area contributed by atoms with Gasteiger partial charge in [-0.3, -0.25) is 10.1 Å². The first-order valence-corrected chi connectivity index (χ1v) is 10.8. The molecular weight excluding hydrogens is 378 g/mol. The molecule has 0 amide bonds. The number of ether oxygens (including phenoxy) is 1. The summed E-state index contributed by atoms with van der Waals surface area (Å²) in [6.07, 6.45) is 3.51. The second-order valence-corrected chi connectivity index (χ2v) is 8.36. The quantitative estimate of drug-likeness (QED) is 0.432. The molecule has 0 radical (unpaired) electrons. The summed E-state index contributed by atoms with van der Waals surface area (Å²) in [6, 6.07) is 15.3. The number of unbranched alkanes of at least 4 members (excludes halogenated alkanes) is 1. The van der Waals surface area contributed by atoms with E-state index in [1.54, 1.807) is 12.1 Å². The Morgan fingerprint density at radius 3 is 2.63 bits per heavy atom. The van der Waals surface area contributed by atoms with Crippen molar-refractivity contribution in [2.45, 2.75) is 32.1 Å². The van der Waals surface area contributed by atoms with Crippen LogP contribution < -0.4 is 9.64 Å². The summed E-state index contributed by atoms with van der Waals surface area (Å²) in [5.41, 5.74) is 2.61. The molecule has 1 heterocycles. The number of piperidine rings is 1. The van der Waals surface area contributed by atoms with Crippen molar-refractivity contribution in [1.29, 1.82) is 0 Å². The maximum absolute atomic E-state index is 11.1. The lowest BCUT2D eigenvalue weighted by Gasteiger charge is -2.39. The standard InChI is InChI=1S/C24H33N3O3/c1-4-5-14-26-15-13-24(19-9-11-21(12-10-19)25(2)3)20(17-26)18-30-23-8-6-7-22(16-23)27(28)29/h6-12,16,20,24H,4-5,13-15,17-18H2,1-3H3/t20-,24-/m1/s1. The number of anilines is 1. The number of nitro groups is 1. The van der Waals surface area contributed by atoms with Gasteiger partial charge in [-0.05, 0) is 55.6 Å². The predicted octanol–water partition coefficient (Wildman–Crippen LogP) is 4.95. The van der Waals surface area contributed by atoms with E-state index in [9.17, 15) is 10.1 Å². The highest BCUT2D eigenvalue weighted by atomic mass is 16.6. The lowest BCUT2D eigenvalue weighted by atomic mass is 9.80. The Hall–Kier alpha value is -2.60. The molecule has 0 N–H and O–H groups in total. The molecule has 0 saturated carbocycles. The highest BCUT2D eigenvalue weighted by molar-refractivity contribution is 5.46. The number of rotatable bonds is 9. The van der Waals surface area contributed by atoms with Gasteiger partial charge in [-0.25, -0.2) is 0 Å². The second-order valence-electron chi connectivity index (χ2n) is 8.36. The van der Waals surface area contributed by atoms with Gasteiger partial charge < -0.3 is 14.5 Å². The van der Waals surface area contributed by atoms with Gasteiger partial charge in [-0.1, -0.05) is 31.5 Å². The van der Waals surface area contributed by atoms with E-state index >= 15 is 0 Å². The van der Waals surface area contributed by atoms with E-state index in [-0.39, 0.29) is 10.6 Å². The predicted molar refractivity (Wildman–Crippen MR) is 122 cm³/mol. The highest BCUT2D eigenvalue weighted by Gasteiger charge is 2.31. The van der Waals surface area contributed by atoms with Crippen LogP contribution in [0.5, 0.6) is 5.75 Å². The zero-order chi connectivity index (χ0) is 21.5. The molecule has 2 aromatic rings. The average molecular weight is 412 g/mol. The maximum atomic E-state index is 11.1. The number of benzene rings is 2. The molecule has 30 heavy (non-hydrogen) atoms. The van der Waals surface area contributed by atoms with Crippen LogP contribution >= 0.6 is 0 Å². The molecule has 0 spiro atoms. The van der Waals surface area contributed by atoms with Crippen LogP contribution in [0.1, 0.15) is 37.7 Å². The van der Waals surface area contributed by atoms with Gasteiger partial charge in [0, 0.05) is 38.3 Å². The van der Waals surface area contributed by atoms with Crippen LogP contribution in [0.2, 0.25) is 0 Å². The average Bonchev–Trinajstić information content (AvgIpc) is 2.76. The summed E-state index contributed by atoms with van der Waals surface area (Å²) < 4.78 is 6.06.